The third kappa shape index (κ3) is 4.93. The van der Waals surface area contributed by atoms with Crippen LogP contribution < -0.4 is 10.7 Å². The average Bonchev–Trinajstić information content (AvgIpc) is 2.51. The van der Waals surface area contributed by atoms with Crippen LogP contribution in [0.5, 0.6) is 0 Å². The van der Waals surface area contributed by atoms with E-state index in [-0.39, 0.29) is 12.5 Å². The van der Waals surface area contributed by atoms with Crippen LogP contribution in [0.4, 0.5) is 5.69 Å². The number of amides is 1. The van der Waals surface area contributed by atoms with Crippen molar-refractivity contribution in [1.82, 2.24) is 5.43 Å². The summed E-state index contributed by atoms with van der Waals surface area (Å²) in [6, 6.07) is 16.8. The van der Waals surface area contributed by atoms with Crippen LogP contribution in [0.2, 0.25) is 5.02 Å². The minimum Gasteiger partial charge on any atom is -0.376 e. The lowest BCUT2D eigenvalue weighted by Crippen LogP contribution is -2.26. The number of hydrazone groups is 1. The molecule has 2 aromatic rings. The SMILES string of the molecule is C/C(=N/NC(=O)CNc1ccccc1)c1cccc(Cl)c1. The van der Waals surface area contributed by atoms with Gasteiger partial charge in [0.15, 0.2) is 0 Å². The predicted octanol–water partition coefficient (Wildman–Crippen LogP) is 3.29. The summed E-state index contributed by atoms with van der Waals surface area (Å²) in [4.78, 5) is 11.7. The van der Waals surface area contributed by atoms with Gasteiger partial charge < -0.3 is 5.32 Å². The summed E-state index contributed by atoms with van der Waals surface area (Å²) in [7, 11) is 0. The second kappa shape index (κ2) is 7.45. The van der Waals surface area contributed by atoms with Crippen molar-refractivity contribution in [2.24, 2.45) is 5.10 Å². The third-order valence-electron chi connectivity index (χ3n) is 2.82. The van der Waals surface area contributed by atoms with Crippen LogP contribution in [-0.4, -0.2) is 18.2 Å². The Labute approximate surface area is 128 Å². The normalized spacial score (nSPS) is 11.0. The number of anilines is 1. The van der Waals surface area contributed by atoms with Gasteiger partial charge in [0.05, 0.1) is 12.3 Å². The summed E-state index contributed by atoms with van der Waals surface area (Å²) in [6.45, 7) is 1.98. The number of nitrogens with one attached hydrogen (secondary N) is 2. The quantitative estimate of drug-likeness (QED) is 0.658. The first-order valence-electron chi connectivity index (χ1n) is 6.53. The highest BCUT2D eigenvalue weighted by Crippen LogP contribution is 2.11. The van der Waals surface area contributed by atoms with Crippen molar-refractivity contribution >= 4 is 28.9 Å². The Kier molecular flexibility index (Phi) is 5.35. The predicted molar refractivity (Wildman–Crippen MR) is 86.7 cm³/mol. The number of rotatable bonds is 5. The van der Waals surface area contributed by atoms with E-state index < -0.39 is 0 Å². The lowest BCUT2D eigenvalue weighted by Gasteiger charge is -2.06. The average molecular weight is 302 g/mol. The number of halogens is 1. The molecule has 4 nitrogen and oxygen atoms in total. The topological polar surface area (TPSA) is 53.5 Å². The van der Waals surface area contributed by atoms with Gasteiger partial charge in [0.2, 0.25) is 0 Å². The van der Waals surface area contributed by atoms with Gasteiger partial charge in [-0.05, 0) is 36.8 Å². The second-order valence-corrected chi connectivity index (χ2v) is 4.90. The molecule has 0 radical (unpaired) electrons. The van der Waals surface area contributed by atoms with E-state index in [9.17, 15) is 4.79 Å². The molecule has 0 aliphatic carbocycles. The van der Waals surface area contributed by atoms with E-state index in [1.54, 1.807) is 12.1 Å². The van der Waals surface area contributed by atoms with Crippen molar-refractivity contribution in [3.63, 3.8) is 0 Å². The fraction of sp³-hybridized carbons (Fsp3) is 0.125. The standard InChI is InChI=1S/C16H16ClN3O/c1-12(13-6-5-7-14(17)10-13)19-20-16(21)11-18-15-8-3-2-4-9-15/h2-10,18H,11H2,1H3,(H,20,21)/b19-12-. The zero-order valence-electron chi connectivity index (χ0n) is 11.6. The van der Waals surface area contributed by atoms with E-state index >= 15 is 0 Å². The molecule has 0 aliphatic rings. The summed E-state index contributed by atoms with van der Waals surface area (Å²) >= 11 is 5.92. The van der Waals surface area contributed by atoms with Crippen LogP contribution >= 0.6 is 11.6 Å². The Morgan fingerprint density at radius 2 is 1.90 bits per heavy atom. The van der Waals surface area contributed by atoms with E-state index in [2.05, 4.69) is 15.8 Å². The molecule has 0 heterocycles. The van der Waals surface area contributed by atoms with Gasteiger partial charge >= 0.3 is 0 Å². The maximum absolute atomic E-state index is 11.7. The van der Waals surface area contributed by atoms with E-state index in [4.69, 9.17) is 11.6 Å². The lowest BCUT2D eigenvalue weighted by atomic mass is 10.1. The van der Waals surface area contributed by atoms with Gasteiger partial charge in [0.25, 0.3) is 5.91 Å². The van der Waals surface area contributed by atoms with Gasteiger partial charge in [-0.3, -0.25) is 4.79 Å². The van der Waals surface area contributed by atoms with E-state index in [0.717, 1.165) is 11.3 Å². The number of benzene rings is 2. The molecule has 0 aliphatic heterocycles. The first kappa shape index (κ1) is 15.1. The Hall–Kier alpha value is -2.33. The van der Waals surface area contributed by atoms with E-state index in [1.165, 1.54) is 0 Å². The van der Waals surface area contributed by atoms with Crippen LogP contribution in [0.25, 0.3) is 0 Å². The fourth-order valence-electron chi connectivity index (χ4n) is 1.70. The minimum absolute atomic E-state index is 0.163. The summed E-state index contributed by atoms with van der Waals surface area (Å²) in [5.41, 5.74) is 4.98. The molecule has 2 aromatic carbocycles. The van der Waals surface area contributed by atoms with Crippen molar-refractivity contribution in [3.8, 4) is 0 Å². The Balaban J connectivity index is 1.87. The Bertz CT molecular complexity index is 641. The Morgan fingerprint density at radius 3 is 2.62 bits per heavy atom. The molecule has 0 spiro atoms. The first-order valence-corrected chi connectivity index (χ1v) is 6.91. The van der Waals surface area contributed by atoms with Crippen molar-refractivity contribution in [2.45, 2.75) is 6.92 Å². The molecule has 0 unspecified atom stereocenters. The summed E-state index contributed by atoms with van der Waals surface area (Å²) in [5, 5.41) is 7.72. The minimum atomic E-state index is -0.208. The van der Waals surface area contributed by atoms with Crippen LogP contribution in [0.1, 0.15) is 12.5 Å². The number of carbonyl (C=O) groups excluding carboxylic acids is 1. The number of para-hydroxylation sites is 1. The smallest absolute Gasteiger partial charge is 0.259 e. The number of carbonyl (C=O) groups is 1. The summed E-state index contributed by atoms with van der Waals surface area (Å²) in [6.07, 6.45) is 0. The van der Waals surface area contributed by atoms with Gasteiger partial charge in [0.1, 0.15) is 0 Å². The molecule has 1 amide bonds. The highest BCUT2D eigenvalue weighted by molar-refractivity contribution is 6.31. The molecule has 0 aromatic heterocycles. The molecule has 5 heteroatoms. The monoisotopic (exact) mass is 301 g/mol. The molecular weight excluding hydrogens is 286 g/mol. The number of hydrogen-bond acceptors (Lipinski definition) is 3. The fourth-order valence-corrected chi connectivity index (χ4v) is 1.89. The van der Waals surface area contributed by atoms with Gasteiger partial charge in [0, 0.05) is 10.7 Å². The third-order valence-corrected chi connectivity index (χ3v) is 3.05. The molecule has 0 saturated heterocycles. The second-order valence-electron chi connectivity index (χ2n) is 4.46. The largest absolute Gasteiger partial charge is 0.376 e. The van der Waals surface area contributed by atoms with Crippen LogP contribution in [0.3, 0.4) is 0 Å². The Morgan fingerprint density at radius 1 is 1.14 bits per heavy atom. The maximum atomic E-state index is 11.7. The number of hydrogen-bond donors (Lipinski definition) is 2. The maximum Gasteiger partial charge on any atom is 0.259 e. The molecule has 21 heavy (non-hydrogen) atoms. The molecule has 0 fully saturated rings. The van der Waals surface area contributed by atoms with Gasteiger partial charge in [-0.25, -0.2) is 5.43 Å². The zero-order chi connectivity index (χ0) is 15.1. The molecule has 2 N–H and O–H groups in total. The molecule has 2 rings (SSSR count). The van der Waals surface area contributed by atoms with Gasteiger partial charge in [-0.2, -0.15) is 5.10 Å². The van der Waals surface area contributed by atoms with Crippen molar-refractivity contribution in [3.05, 3.63) is 65.2 Å². The van der Waals surface area contributed by atoms with E-state index in [1.807, 2.05) is 49.4 Å². The van der Waals surface area contributed by atoms with Gasteiger partial charge in [-0.1, -0.05) is 41.9 Å². The van der Waals surface area contributed by atoms with Crippen molar-refractivity contribution < 1.29 is 4.79 Å². The summed E-state index contributed by atoms with van der Waals surface area (Å²) < 4.78 is 0. The highest BCUT2D eigenvalue weighted by atomic mass is 35.5. The molecule has 0 atom stereocenters. The van der Waals surface area contributed by atoms with Gasteiger partial charge in [-0.15, -0.1) is 0 Å². The molecule has 0 bridgehead atoms. The summed E-state index contributed by atoms with van der Waals surface area (Å²) in [5.74, 6) is -0.208. The molecule has 108 valence electrons. The zero-order valence-corrected chi connectivity index (χ0v) is 12.4. The number of nitrogens with zero attached hydrogens (tertiary/aromatic N) is 1. The van der Waals surface area contributed by atoms with Crippen molar-refractivity contribution in [1.29, 1.82) is 0 Å². The molecular formula is C16H16ClN3O. The van der Waals surface area contributed by atoms with Crippen LogP contribution in [0.15, 0.2) is 59.7 Å². The lowest BCUT2D eigenvalue weighted by molar-refractivity contribution is -0.119. The molecule has 0 saturated carbocycles. The van der Waals surface area contributed by atoms with E-state index in [0.29, 0.717) is 10.7 Å². The van der Waals surface area contributed by atoms with Crippen LogP contribution in [0, 0.1) is 0 Å². The highest BCUT2D eigenvalue weighted by Gasteiger charge is 2.02. The van der Waals surface area contributed by atoms with Crippen LogP contribution in [-0.2, 0) is 4.79 Å². The first-order chi connectivity index (χ1) is 10.1. The van der Waals surface area contributed by atoms with Crippen molar-refractivity contribution in [2.75, 3.05) is 11.9 Å².